The van der Waals surface area contributed by atoms with Crippen molar-refractivity contribution in [1.29, 1.82) is 0 Å². The predicted molar refractivity (Wildman–Crippen MR) is 171 cm³/mol. The fraction of sp³-hybridized carbons (Fsp3) is 0.256. The van der Waals surface area contributed by atoms with E-state index in [2.05, 4.69) is 140 Å². The minimum Gasteiger partial charge on any atom is -0.309 e. The number of aryl methyl sites for hydroxylation is 1. The molecule has 6 aromatic rings. The maximum Gasteiger partial charge on any atom is 0.212 e. The van der Waals surface area contributed by atoms with Crippen LogP contribution in [0.3, 0.4) is 0 Å². The van der Waals surface area contributed by atoms with Gasteiger partial charge in [0.2, 0.25) is 5.69 Å². The molecule has 0 saturated carbocycles. The zero-order valence-electron chi connectivity index (χ0n) is 24.5. The summed E-state index contributed by atoms with van der Waals surface area (Å²) in [6.45, 7) is 10.5. The summed E-state index contributed by atoms with van der Waals surface area (Å²) >= 11 is 0. The lowest BCUT2D eigenvalue weighted by molar-refractivity contribution is -0.687. The molecule has 0 N–H and O–H groups in total. The largest absolute Gasteiger partial charge is 0.309 e. The number of nitrogens with zero attached hydrogens (tertiary/aromatic N) is 2. The van der Waals surface area contributed by atoms with Crippen molar-refractivity contribution in [2.45, 2.75) is 64.3 Å². The van der Waals surface area contributed by atoms with Gasteiger partial charge in [-0.05, 0) is 71.0 Å². The Kier molecular flexibility index (Phi) is 5.20. The average Bonchev–Trinajstić information content (AvgIpc) is 3.27. The van der Waals surface area contributed by atoms with Gasteiger partial charge in [-0.15, -0.1) is 0 Å². The van der Waals surface area contributed by atoms with E-state index in [1.165, 1.54) is 73.0 Å². The lowest BCUT2D eigenvalue weighted by Gasteiger charge is -2.34. The number of pyridine rings is 1. The summed E-state index contributed by atoms with van der Waals surface area (Å²) in [7, 11) is 0. The summed E-state index contributed by atoms with van der Waals surface area (Å²) < 4.78 is 4.97. The Morgan fingerprint density at radius 2 is 1.46 bits per heavy atom. The van der Waals surface area contributed by atoms with Crippen LogP contribution in [0.4, 0.5) is 0 Å². The van der Waals surface area contributed by atoms with Crippen LogP contribution in [0.2, 0.25) is 0 Å². The van der Waals surface area contributed by atoms with Crippen LogP contribution in [0, 0.1) is 0 Å². The summed E-state index contributed by atoms with van der Waals surface area (Å²) in [5.74, 6) is 0. The van der Waals surface area contributed by atoms with Crippen LogP contribution in [0.15, 0.2) is 103 Å². The molecule has 0 bridgehead atoms. The Morgan fingerprint density at radius 3 is 2.32 bits per heavy atom. The number of aromatic nitrogens is 2. The van der Waals surface area contributed by atoms with Crippen LogP contribution in [-0.4, -0.2) is 4.57 Å². The molecule has 2 aliphatic heterocycles. The maximum absolute atomic E-state index is 2.51. The minimum atomic E-state index is -0.0452. The molecular weight excluding hydrogens is 496 g/mol. The molecule has 0 spiro atoms. The average molecular weight is 534 g/mol. The first-order valence-corrected chi connectivity index (χ1v) is 15.3. The van der Waals surface area contributed by atoms with Gasteiger partial charge in [-0.1, -0.05) is 82.3 Å². The summed E-state index contributed by atoms with van der Waals surface area (Å²) in [5, 5.41) is 2.67. The second kappa shape index (κ2) is 8.66. The molecule has 2 aromatic heterocycles. The molecule has 0 unspecified atom stereocenters. The van der Waals surface area contributed by atoms with Crippen molar-refractivity contribution < 1.29 is 4.57 Å². The molecule has 4 heterocycles. The van der Waals surface area contributed by atoms with Crippen molar-refractivity contribution in [3.05, 3.63) is 120 Å². The lowest BCUT2D eigenvalue weighted by atomic mass is 9.71. The van der Waals surface area contributed by atoms with E-state index in [0.717, 1.165) is 19.4 Å². The van der Waals surface area contributed by atoms with E-state index >= 15 is 0 Å². The van der Waals surface area contributed by atoms with Gasteiger partial charge in [-0.2, -0.15) is 4.57 Å². The van der Waals surface area contributed by atoms with Crippen LogP contribution < -0.4 is 4.57 Å². The van der Waals surface area contributed by atoms with Gasteiger partial charge in [-0.25, -0.2) is 0 Å². The van der Waals surface area contributed by atoms with Crippen molar-refractivity contribution in [3.8, 4) is 28.1 Å². The molecule has 202 valence electrons. The SMILES string of the molecule is CCC1(CC)CC[n+]2ccccc2-c2cc(-c3ccc4c(c3)c3cccc5c3n4-c3ccccc3C5(C)C)ccc21. The summed E-state index contributed by atoms with van der Waals surface area (Å²) in [4.78, 5) is 0. The highest BCUT2D eigenvalue weighted by Gasteiger charge is 2.37. The van der Waals surface area contributed by atoms with E-state index in [0.29, 0.717) is 0 Å². The van der Waals surface area contributed by atoms with Gasteiger partial charge < -0.3 is 4.57 Å². The molecule has 0 atom stereocenters. The number of benzene rings is 4. The Bertz CT molecular complexity index is 2000. The smallest absolute Gasteiger partial charge is 0.212 e. The second-order valence-electron chi connectivity index (χ2n) is 12.7. The standard InChI is InChI=1S/C39H37N2/c1-5-39(6-2)21-23-40-22-10-9-15-34(40)30-25-26(17-19-31(30)39)27-18-20-35-29(24-27)28-12-11-14-33-37(28)41(35)36-16-8-7-13-32(36)38(33,3)4/h7-20,22,24-25H,5-6,21,23H2,1-4H3/q+1. The summed E-state index contributed by atoms with van der Waals surface area (Å²) in [6, 6.07) is 36.9. The van der Waals surface area contributed by atoms with Gasteiger partial charge in [0.15, 0.2) is 6.20 Å². The first kappa shape index (κ1) is 24.6. The highest BCUT2D eigenvalue weighted by atomic mass is 15.0. The monoisotopic (exact) mass is 533 g/mol. The van der Waals surface area contributed by atoms with E-state index in [-0.39, 0.29) is 10.8 Å². The van der Waals surface area contributed by atoms with Crippen LogP contribution in [-0.2, 0) is 17.4 Å². The number of hydrogen-bond acceptors (Lipinski definition) is 0. The highest BCUT2D eigenvalue weighted by molar-refractivity contribution is 6.12. The Balaban J connectivity index is 1.38. The van der Waals surface area contributed by atoms with Gasteiger partial charge in [0.25, 0.3) is 0 Å². The van der Waals surface area contributed by atoms with Crippen molar-refractivity contribution in [3.63, 3.8) is 0 Å². The molecule has 0 aliphatic carbocycles. The molecular formula is C39H37N2+. The zero-order valence-corrected chi connectivity index (χ0v) is 24.5. The van der Waals surface area contributed by atoms with Crippen LogP contribution in [0.5, 0.6) is 0 Å². The van der Waals surface area contributed by atoms with E-state index in [1.54, 1.807) is 0 Å². The summed E-state index contributed by atoms with van der Waals surface area (Å²) in [6.07, 6.45) is 5.76. The van der Waals surface area contributed by atoms with E-state index in [4.69, 9.17) is 0 Å². The van der Waals surface area contributed by atoms with E-state index in [9.17, 15) is 0 Å². The molecule has 4 aromatic carbocycles. The van der Waals surface area contributed by atoms with Crippen LogP contribution in [0.1, 0.15) is 63.6 Å². The number of fused-ring (bicyclic) bond motifs is 8. The van der Waals surface area contributed by atoms with Crippen molar-refractivity contribution in [2.24, 2.45) is 0 Å². The van der Waals surface area contributed by atoms with Crippen molar-refractivity contribution in [2.75, 3.05) is 0 Å². The third-order valence-electron chi connectivity index (χ3n) is 10.6. The maximum atomic E-state index is 2.51. The number of rotatable bonds is 3. The Labute approximate surface area is 242 Å². The zero-order chi connectivity index (χ0) is 27.9. The van der Waals surface area contributed by atoms with Crippen molar-refractivity contribution in [1.82, 2.24) is 4.57 Å². The fourth-order valence-electron chi connectivity index (χ4n) is 8.11. The molecule has 2 nitrogen and oxygen atoms in total. The molecule has 2 heteroatoms. The molecule has 0 amide bonds. The first-order valence-electron chi connectivity index (χ1n) is 15.3. The van der Waals surface area contributed by atoms with E-state index < -0.39 is 0 Å². The van der Waals surface area contributed by atoms with Crippen molar-refractivity contribution >= 4 is 21.8 Å². The topological polar surface area (TPSA) is 8.81 Å². The van der Waals surface area contributed by atoms with Gasteiger partial charge in [0.1, 0.15) is 6.54 Å². The van der Waals surface area contributed by atoms with Crippen LogP contribution >= 0.6 is 0 Å². The first-order chi connectivity index (χ1) is 20.0. The van der Waals surface area contributed by atoms with Gasteiger partial charge in [-0.3, -0.25) is 0 Å². The molecule has 41 heavy (non-hydrogen) atoms. The Morgan fingerprint density at radius 1 is 0.707 bits per heavy atom. The van der Waals surface area contributed by atoms with Gasteiger partial charge in [0.05, 0.1) is 22.3 Å². The lowest BCUT2D eigenvalue weighted by Crippen LogP contribution is -2.36. The third kappa shape index (κ3) is 3.28. The van der Waals surface area contributed by atoms with Gasteiger partial charge in [0, 0.05) is 40.2 Å². The summed E-state index contributed by atoms with van der Waals surface area (Å²) in [5.41, 5.74) is 13.7. The number of para-hydroxylation sites is 2. The highest BCUT2D eigenvalue weighted by Crippen LogP contribution is 2.48. The molecule has 0 fully saturated rings. The number of hydrogen-bond donors (Lipinski definition) is 0. The van der Waals surface area contributed by atoms with Crippen LogP contribution in [0.25, 0.3) is 49.9 Å². The Hall–Kier alpha value is -4.17. The quantitative estimate of drug-likeness (QED) is 0.200. The second-order valence-corrected chi connectivity index (χ2v) is 12.7. The predicted octanol–water partition coefficient (Wildman–Crippen LogP) is 9.51. The third-order valence-corrected chi connectivity index (χ3v) is 10.6. The van der Waals surface area contributed by atoms with Gasteiger partial charge >= 0.3 is 0 Å². The fourth-order valence-corrected chi connectivity index (χ4v) is 8.11. The normalized spacial score (nSPS) is 16.2. The molecule has 0 radical (unpaired) electrons. The molecule has 0 saturated heterocycles. The molecule has 8 rings (SSSR count). The van der Waals surface area contributed by atoms with E-state index in [1.807, 2.05) is 0 Å². The molecule has 2 aliphatic rings. The minimum absolute atomic E-state index is 0.0452.